The lowest BCUT2D eigenvalue weighted by molar-refractivity contribution is -0.138. The number of nitrogens with two attached hydrogens (primary N) is 1. The summed E-state index contributed by atoms with van der Waals surface area (Å²) in [5, 5.41) is 13.1. The molecule has 3 aliphatic rings. The van der Waals surface area contributed by atoms with E-state index in [1.54, 1.807) is 17.7 Å². The van der Waals surface area contributed by atoms with Gasteiger partial charge in [-0.05, 0) is 38.5 Å². The Hall–Kier alpha value is -2.80. The van der Waals surface area contributed by atoms with Crippen molar-refractivity contribution in [2.75, 3.05) is 50.1 Å². The molecule has 9 nitrogen and oxygen atoms in total. The Bertz CT molecular complexity index is 1160. The number of likely N-dealkylation sites (tertiary alicyclic amines) is 1. The molecule has 5 N–H and O–H groups in total. The first kappa shape index (κ1) is 24.9. The van der Waals surface area contributed by atoms with Gasteiger partial charge in [0, 0.05) is 44.0 Å². The highest BCUT2D eigenvalue weighted by molar-refractivity contribution is 5.70. The summed E-state index contributed by atoms with van der Waals surface area (Å²) in [6.45, 7) is 7.35. The molecule has 36 heavy (non-hydrogen) atoms. The molecule has 196 valence electrons. The number of fused-ring (bicyclic) bond motifs is 1. The number of β-amino-alcohol motifs (C(OH)–C–C–N with tert-alkyl or cyclic N) is 1. The summed E-state index contributed by atoms with van der Waals surface area (Å²) >= 11 is 0. The van der Waals surface area contributed by atoms with Gasteiger partial charge in [-0.15, -0.1) is 0 Å². The van der Waals surface area contributed by atoms with Crippen LogP contribution in [0.15, 0.2) is 24.3 Å². The second-order valence-electron chi connectivity index (χ2n) is 9.80. The van der Waals surface area contributed by atoms with Crippen LogP contribution >= 0.6 is 0 Å². The third kappa shape index (κ3) is 4.65. The van der Waals surface area contributed by atoms with Crippen molar-refractivity contribution < 1.29 is 23.0 Å². The van der Waals surface area contributed by atoms with Crippen molar-refractivity contribution in [3.63, 3.8) is 0 Å². The summed E-state index contributed by atoms with van der Waals surface area (Å²) in [5.74, 6) is 1.01. The van der Waals surface area contributed by atoms with E-state index in [2.05, 4.69) is 20.6 Å². The van der Waals surface area contributed by atoms with Gasteiger partial charge in [-0.3, -0.25) is 15.2 Å². The minimum atomic E-state index is -4.52. The number of aryl methyl sites for hydroxylation is 1. The van der Waals surface area contributed by atoms with Crippen LogP contribution in [0, 0.1) is 6.92 Å². The fraction of sp³-hybridized carbons (Fsp3) is 0.542. The number of anilines is 2. The van der Waals surface area contributed by atoms with E-state index in [4.69, 9.17) is 10.5 Å². The predicted molar refractivity (Wildman–Crippen MR) is 130 cm³/mol. The molecule has 0 bridgehead atoms. The molecule has 0 spiro atoms. The Balaban J connectivity index is 1.51. The highest BCUT2D eigenvalue weighted by Gasteiger charge is 2.38. The van der Waals surface area contributed by atoms with Crippen molar-refractivity contribution >= 4 is 17.2 Å². The number of aromatic nitrogens is 2. The number of imidazole rings is 1. The van der Waals surface area contributed by atoms with E-state index in [1.807, 2.05) is 17.9 Å². The van der Waals surface area contributed by atoms with Crippen LogP contribution in [0.1, 0.15) is 36.0 Å². The predicted octanol–water partition coefficient (Wildman–Crippen LogP) is 2.43. The molecule has 12 heteroatoms. The zero-order valence-corrected chi connectivity index (χ0v) is 20.4. The first-order valence-corrected chi connectivity index (χ1v) is 12.1. The van der Waals surface area contributed by atoms with E-state index >= 15 is 0 Å². The molecule has 0 amide bonds. The van der Waals surface area contributed by atoms with Crippen LogP contribution < -0.4 is 16.5 Å². The molecule has 2 aromatic rings. The number of hydrogen-bond donors (Lipinski definition) is 4. The summed E-state index contributed by atoms with van der Waals surface area (Å²) in [4.78, 5) is 8.64. The van der Waals surface area contributed by atoms with Crippen molar-refractivity contribution in [2.45, 2.75) is 44.8 Å². The van der Waals surface area contributed by atoms with E-state index < -0.39 is 23.5 Å². The van der Waals surface area contributed by atoms with Crippen LogP contribution in [-0.4, -0.2) is 75.7 Å². The molecule has 0 radical (unpaired) electrons. The highest BCUT2D eigenvalue weighted by Crippen LogP contribution is 2.38. The van der Waals surface area contributed by atoms with Gasteiger partial charge < -0.3 is 20.9 Å². The highest BCUT2D eigenvalue weighted by atomic mass is 19.4. The van der Waals surface area contributed by atoms with Crippen molar-refractivity contribution in [3.05, 3.63) is 46.9 Å². The second-order valence-corrected chi connectivity index (χ2v) is 9.80. The number of nitrogens with zero attached hydrogens (tertiary/aromatic N) is 4. The van der Waals surface area contributed by atoms with Gasteiger partial charge in [0.25, 0.3) is 0 Å². The molecule has 2 atom stereocenters. The summed E-state index contributed by atoms with van der Waals surface area (Å²) < 4.78 is 49.2. The molecule has 1 aromatic carbocycles. The van der Waals surface area contributed by atoms with Crippen LogP contribution in [0.3, 0.4) is 0 Å². The Labute approximate surface area is 207 Å². The van der Waals surface area contributed by atoms with Crippen LogP contribution in [0.5, 0.6) is 0 Å². The number of aliphatic hydroxyl groups is 1. The van der Waals surface area contributed by atoms with Gasteiger partial charge >= 0.3 is 6.18 Å². The van der Waals surface area contributed by atoms with Crippen LogP contribution in [0.2, 0.25) is 0 Å². The topological polar surface area (TPSA) is 104 Å². The van der Waals surface area contributed by atoms with E-state index in [9.17, 15) is 18.3 Å². The van der Waals surface area contributed by atoms with Crippen molar-refractivity contribution in [1.29, 1.82) is 0 Å². The van der Waals surface area contributed by atoms with Gasteiger partial charge in [-0.2, -0.15) is 13.2 Å². The van der Waals surface area contributed by atoms with Crippen molar-refractivity contribution in [1.82, 2.24) is 19.5 Å². The molecule has 2 fully saturated rings. The molecule has 3 aliphatic heterocycles. The summed E-state index contributed by atoms with van der Waals surface area (Å²) in [6.07, 6.45) is -2.59. The summed E-state index contributed by atoms with van der Waals surface area (Å²) in [5.41, 5.74) is 10.1. The molecule has 1 aromatic heterocycles. The molecule has 2 unspecified atom stereocenters. The summed E-state index contributed by atoms with van der Waals surface area (Å²) in [6, 6.07) is 4.13. The number of hydrogen-bond acceptors (Lipinski definition) is 8. The number of alkyl halides is 3. The number of nitrogens with one attached hydrogen (secondary N) is 2. The van der Waals surface area contributed by atoms with E-state index in [-0.39, 0.29) is 12.1 Å². The van der Waals surface area contributed by atoms with Gasteiger partial charge in [0.2, 0.25) is 0 Å². The quantitative estimate of drug-likeness (QED) is 0.490. The molecular formula is C24H32F3N7O2. The Morgan fingerprint density at radius 1 is 1.28 bits per heavy atom. The summed E-state index contributed by atoms with van der Waals surface area (Å²) in [7, 11) is 0. The lowest BCUT2D eigenvalue weighted by Gasteiger charge is -2.44. The maximum Gasteiger partial charge on any atom is 0.416 e. The molecule has 5 rings (SSSR count). The van der Waals surface area contributed by atoms with E-state index in [0.717, 1.165) is 6.07 Å². The molecule has 0 aliphatic carbocycles. The van der Waals surface area contributed by atoms with Crippen molar-refractivity contribution in [3.8, 4) is 0 Å². The zero-order valence-electron chi connectivity index (χ0n) is 20.4. The Morgan fingerprint density at radius 3 is 2.69 bits per heavy atom. The van der Waals surface area contributed by atoms with Gasteiger partial charge in [-0.1, -0.05) is 6.07 Å². The number of aliphatic hydroxyl groups excluding tert-OH is 1. The first-order chi connectivity index (χ1) is 17.0. The monoisotopic (exact) mass is 507 g/mol. The van der Waals surface area contributed by atoms with Gasteiger partial charge in [0.1, 0.15) is 5.66 Å². The normalized spacial score (nSPS) is 25.4. The number of morpholine rings is 1. The first-order valence-electron chi connectivity index (χ1n) is 12.1. The largest absolute Gasteiger partial charge is 0.416 e. The number of rotatable bonds is 5. The van der Waals surface area contributed by atoms with Gasteiger partial charge in [-0.25, -0.2) is 9.66 Å². The molecule has 0 saturated carbocycles. The third-order valence-electron chi connectivity index (χ3n) is 7.12. The van der Waals surface area contributed by atoms with E-state index in [0.29, 0.717) is 74.5 Å². The van der Waals surface area contributed by atoms with Gasteiger partial charge in [0.15, 0.2) is 11.6 Å². The second kappa shape index (κ2) is 9.25. The smallest absolute Gasteiger partial charge is 0.396 e. The average Bonchev–Trinajstić information content (AvgIpc) is 3.37. The zero-order chi connectivity index (χ0) is 25.7. The van der Waals surface area contributed by atoms with Crippen LogP contribution in [-0.2, 0) is 17.5 Å². The van der Waals surface area contributed by atoms with Crippen LogP contribution in [0.25, 0.3) is 5.70 Å². The SMILES string of the molecule is Cc1nc2n(c1Nc1cccc(C(F)(F)F)c1CN1CCC(O)C1)NC(C)(N1CCOCC1)C=C2N. The molecule has 4 heterocycles. The standard InChI is InChI=1S/C24H32F3N7O2/c1-15-21(34-22(29-15)19(28)12-23(2,31-34)33-8-10-36-11-9-33)30-20-5-3-4-18(24(25,26)27)17(20)14-32-7-6-16(35)13-32/h3-5,12,16,30-31,35H,6-11,13-14,28H2,1-2H3. The fourth-order valence-electron chi connectivity index (χ4n) is 5.24. The lowest BCUT2D eigenvalue weighted by Crippen LogP contribution is -2.59. The lowest BCUT2D eigenvalue weighted by atomic mass is 10.0. The maximum atomic E-state index is 14.0. The Morgan fingerprint density at radius 2 is 2.03 bits per heavy atom. The molecular weight excluding hydrogens is 475 g/mol. The minimum absolute atomic E-state index is 0.0656. The van der Waals surface area contributed by atoms with Gasteiger partial charge in [0.05, 0.1) is 36.3 Å². The third-order valence-corrected chi connectivity index (χ3v) is 7.12. The Kier molecular flexibility index (Phi) is 6.39. The maximum absolute atomic E-state index is 14.0. The van der Waals surface area contributed by atoms with Crippen LogP contribution in [0.4, 0.5) is 24.7 Å². The molecule has 2 saturated heterocycles. The van der Waals surface area contributed by atoms with Crippen molar-refractivity contribution in [2.24, 2.45) is 5.73 Å². The number of halogens is 3. The number of benzene rings is 1. The number of ether oxygens (including phenoxy) is 1. The minimum Gasteiger partial charge on any atom is -0.396 e. The van der Waals surface area contributed by atoms with E-state index in [1.165, 1.54) is 6.07 Å². The average molecular weight is 508 g/mol. The fourth-order valence-corrected chi connectivity index (χ4v) is 5.24.